The molecule has 2 aromatic heterocycles. The predicted octanol–water partition coefficient (Wildman–Crippen LogP) is 3.08. The third-order valence-electron chi connectivity index (χ3n) is 5.28. The Morgan fingerprint density at radius 2 is 2.00 bits per heavy atom. The van der Waals surface area contributed by atoms with Crippen LogP contribution < -0.4 is 26.2 Å². The molecule has 0 spiro atoms. The van der Waals surface area contributed by atoms with Crippen molar-refractivity contribution < 1.29 is 22.6 Å². The molecule has 2 aromatic carbocycles. The molecule has 2 heterocycles. The van der Waals surface area contributed by atoms with Crippen molar-refractivity contribution in [1.29, 1.82) is 5.41 Å². The second-order valence-electron chi connectivity index (χ2n) is 7.67. The number of nitrogens with one attached hydrogen (secondary N) is 3. The summed E-state index contributed by atoms with van der Waals surface area (Å²) in [6, 6.07) is 10.3. The van der Waals surface area contributed by atoms with E-state index < -0.39 is 36.6 Å². The highest BCUT2D eigenvalue weighted by Crippen LogP contribution is 2.35. The molecule has 1 atom stereocenters. The van der Waals surface area contributed by atoms with E-state index in [0.29, 0.717) is 11.3 Å². The van der Waals surface area contributed by atoms with Crippen LogP contribution in [0.4, 0.5) is 18.9 Å². The van der Waals surface area contributed by atoms with Crippen molar-refractivity contribution in [3.05, 3.63) is 93.8 Å². The van der Waals surface area contributed by atoms with Gasteiger partial charge in [0.1, 0.15) is 30.9 Å². The Morgan fingerprint density at radius 1 is 1.24 bits per heavy atom. The van der Waals surface area contributed by atoms with Gasteiger partial charge in [-0.3, -0.25) is 10.4 Å². The molecule has 0 fully saturated rings. The number of rotatable bonds is 10. The van der Waals surface area contributed by atoms with Gasteiger partial charge in [0.2, 0.25) is 0 Å². The summed E-state index contributed by atoms with van der Waals surface area (Å²) < 4.78 is 53.9. The van der Waals surface area contributed by atoms with Crippen LogP contribution in [0, 0.1) is 17.0 Å². The SMILES string of the molecule is COc1cc(OCCF)c(F)c(C(Nc2ccc(C(=N)N)cc2)c2nn(-c3ncccc3F)c(=O)[nH]2)c1. The Balaban J connectivity index is 1.85. The second kappa shape index (κ2) is 10.8. The molecule has 0 saturated heterocycles. The summed E-state index contributed by atoms with van der Waals surface area (Å²) >= 11 is 0. The van der Waals surface area contributed by atoms with Gasteiger partial charge in [-0.05, 0) is 42.5 Å². The Bertz CT molecular complexity index is 1470. The maximum absolute atomic E-state index is 15.6. The highest BCUT2D eigenvalue weighted by Gasteiger charge is 2.27. The number of benzene rings is 2. The number of nitrogen functional groups attached to an aromatic ring is 1. The zero-order chi connectivity index (χ0) is 26.5. The van der Waals surface area contributed by atoms with Crippen LogP contribution in [0.2, 0.25) is 0 Å². The monoisotopic (exact) mass is 513 g/mol. The van der Waals surface area contributed by atoms with Crippen LogP contribution in [0.25, 0.3) is 5.82 Å². The molecule has 0 radical (unpaired) electrons. The predicted molar refractivity (Wildman–Crippen MR) is 129 cm³/mol. The van der Waals surface area contributed by atoms with E-state index in [2.05, 4.69) is 20.4 Å². The molecule has 5 N–H and O–H groups in total. The number of amidine groups is 1. The van der Waals surface area contributed by atoms with Gasteiger partial charge in [0.25, 0.3) is 0 Å². The van der Waals surface area contributed by atoms with Crippen LogP contribution in [-0.4, -0.2) is 46.0 Å². The number of anilines is 1. The number of ether oxygens (including phenoxy) is 2. The highest BCUT2D eigenvalue weighted by atomic mass is 19.1. The lowest BCUT2D eigenvalue weighted by Gasteiger charge is -2.21. The van der Waals surface area contributed by atoms with Crippen molar-refractivity contribution in [2.45, 2.75) is 6.04 Å². The molecule has 0 bridgehead atoms. The Morgan fingerprint density at radius 3 is 2.65 bits per heavy atom. The van der Waals surface area contributed by atoms with E-state index in [1.165, 1.54) is 31.5 Å². The summed E-state index contributed by atoms with van der Waals surface area (Å²) in [5, 5.41) is 14.8. The highest BCUT2D eigenvalue weighted by molar-refractivity contribution is 5.95. The number of methoxy groups -OCH3 is 1. The number of nitrogens with zero attached hydrogens (tertiary/aromatic N) is 3. The molecular weight excluding hydrogens is 491 g/mol. The molecule has 4 aromatic rings. The van der Waals surface area contributed by atoms with Crippen LogP contribution in [-0.2, 0) is 0 Å². The third-order valence-corrected chi connectivity index (χ3v) is 5.28. The first-order chi connectivity index (χ1) is 17.8. The van der Waals surface area contributed by atoms with Crippen molar-refractivity contribution in [3.63, 3.8) is 0 Å². The number of aromatic amines is 1. The molecule has 0 aliphatic rings. The molecule has 37 heavy (non-hydrogen) atoms. The fourth-order valence-corrected chi connectivity index (χ4v) is 3.53. The molecule has 0 saturated carbocycles. The van der Waals surface area contributed by atoms with Gasteiger partial charge in [0.05, 0.1) is 7.11 Å². The topological polar surface area (TPSA) is 144 Å². The van der Waals surface area contributed by atoms with Crippen LogP contribution in [0.1, 0.15) is 23.0 Å². The van der Waals surface area contributed by atoms with Crippen molar-refractivity contribution in [2.75, 3.05) is 25.7 Å². The smallest absolute Gasteiger partial charge is 0.349 e. The van der Waals surface area contributed by atoms with Gasteiger partial charge < -0.3 is 20.5 Å². The third kappa shape index (κ3) is 5.39. The summed E-state index contributed by atoms with van der Waals surface area (Å²) in [6.45, 7) is -1.23. The minimum absolute atomic E-state index is 0.0637. The fourth-order valence-electron chi connectivity index (χ4n) is 3.53. The lowest BCUT2D eigenvalue weighted by atomic mass is 10.0. The Labute approximate surface area is 208 Å². The second-order valence-corrected chi connectivity index (χ2v) is 7.67. The number of hydrogen-bond acceptors (Lipinski definition) is 7. The quantitative estimate of drug-likeness (QED) is 0.188. The Hall–Kier alpha value is -4.81. The molecular formula is C24H22F3N7O3. The lowest BCUT2D eigenvalue weighted by molar-refractivity contribution is 0.260. The van der Waals surface area contributed by atoms with E-state index >= 15 is 4.39 Å². The van der Waals surface area contributed by atoms with E-state index in [9.17, 15) is 13.6 Å². The zero-order valence-electron chi connectivity index (χ0n) is 19.5. The molecule has 4 rings (SSSR count). The van der Waals surface area contributed by atoms with Gasteiger partial charge in [-0.2, -0.15) is 4.68 Å². The van der Waals surface area contributed by atoms with Crippen molar-refractivity contribution in [1.82, 2.24) is 19.7 Å². The minimum atomic E-state index is -1.16. The maximum atomic E-state index is 15.6. The van der Waals surface area contributed by atoms with Gasteiger partial charge in [0, 0.05) is 29.1 Å². The molecule has 192 valence electrons. The molecule has 0 aliphatic carbocycles. The average Bonchev–Trinajstić information content (AvgIpc) is 3.28. The Kier molecular flexibility index (Phi) is 7.41. The number of nitrogens with two attached hydrogens (primary N) is 1. The number of H-pyrrole nitrogens is 1. The maximum Gasteiger partial charge on any atom is 0.349 e. The molecule has 13 heteroatoms. The van der Waals surface area contributed by atoms with Crippen LogP contribution in [0.5, 0.6) is 11.5 Å². The number of halogens is 3. The van der Waals surface area contributed by atoms with Crippen LogP contribution in [0.3, 0.4) is 0 Å². The van der Waals surface area contributed by atoms with Gasteiger partial charge in [-0.1, -0.05) is 0 Å². The van der Waals surface area contributed by atoms with E-state index in [0.717, 1.165) is 10.7 Å². The number of alkyl halides is 1. The summed E-state index contributed by atoms with van der Waals surface area (Å²) in [5.74, 6) is -2.30. The van der Waals surface area contributed by atoms with Gasteiger partial charge in [-0.15, -0.1) is 5.10 Å². The minimum Gasteiger partial charge on any atom is -0.497 e. The van der Waals surface area contributed by atoms with Crippen LogP contribution >= 0.6 is 0 Å². The zero-order valence-corrected chi connectivity index (χ0v) is 19.5. The number of hydrogen-bond donors (Lipinski definition) is 4. The summed E-state index contributed by atoms with van der Waals surface area (Å²) in [6.07, 6.45) is 1.29. The first-order valence-electron chi connectivity index (χ1n) is 10.9. The largest absolute Gasteiger partial charge is 0.497 e. The standard InChI is InChI=1S/C24H22F3N7O3/c1-36-15-11-16(19(27)18(12-15)37-10-8-25)20(31-14-6-4-13(5-7-14)21(28)29)22-32-24(35)34(33-22)23-17(26)3-2-9-30-23/h2-7,9,11-12,20,31H,8,10H2,1H3,(H3,28,29)(H,32,33,35). The summed E-state index contributed by atoms with van der Waals surface area (Å²) in [5.41, 5.74) is 5.54. The number of aromatic nitrogens is 4. The van der Waals surface area contributed by atoms with Gasteiger partial charge >= 0.3 is 5.69 Å². The molecule has 0 aliphatic heterocycles. The first kappa shape index (κ1) is 25.3. The van der Waals surface area contributed by atoms with E-state index in [1.807, 2.05) is 0 Å². The van der Waals surface area contributed by atoms with Crippen LogP contribution in [0.15, 0.2) is 59.5 Å². The average molecular weight is 513 g/mol. The van der Waals surface area contributed by atoms with E-state index in [-0.39, 0.29) is 34.5 Å². The summed E-state index contributed by atoms with van der Waals surface area (Å²) in [4.78, 5) is 19.1. The molecule has 10 nitrogen and oxygen atoms in total. The lowest BCUT2D eigenvalue weighted by Crippen LogP contribution is -2.18. The van der Waals surface area contributed by atoms with Gasteiger partial charge in [-0.25, -0.2) is 22.9 Å². The number of pyridine rings is 1. The van der Waals surface area contributed by atoms with Gasteiger partial charge in [0.15, 0.2) is 29.0 Å². The van der Waals surface area contributed by atoms with E-state index in [4.69, 9.17) is 20.6 Å². The fraction of sp³-hybridized carbons (Fsp3) is 0.167. The molecule has 1 unspecified atom stereocenters. The normalized spacial score (nSPS) is 11.7. The first-order valence-corrected chi connectivity index (χ1v) is 10.9. The molecule has 0 amide bonds. The van der Waals surface area contributed by atoms with Crippen molar-refractivity contribution in [3.8, 4) is 17.3 Å². The van der Waals surface area contributed by atoms with Crippen molar-refractivity contribution in [2.24, 2.45) is 5.73 Å². The van der Waals surface area contributed by atoms with E-state index in [1.54, 1.807) is 24.3 Å². The van der Waals surface area contributed by atoms with Crippen molar-refractivity contribution >= 4 is 11.5 Å². The summed E-state index contributed by atoms with van der Waals surface area (Å²) in [7, 11) is 1.36.